The zero-order chi connectivity index (χ0) is 28.2. The smallest absolute Gasteiger partial charge is 0.331 e. The van der Waals surface area contributed by atoms with Gasteiger partial charge in [-0.2, -0.15) is 5.26 Å². The van der Waals surface area contributed by atoms with Gasteiger partial charge in [-0.25, -0.2) is 4.79 Å². The summed E-state index contributed by atoms with van der Waals surface area (Å²) in [6, 6.07) is 9.53. The molecule has 1 unspecified atom stereocenters. The van der Waals surface area contributed by atoms with E-state index in [1.807, 2.05) is 12.1 Å². The lowest BCUT2D eigenvalue weighted by Crippen LogP contribution is -2.33. The fourth-order valence-electron chi connectivity index (χ4n) is 5.94. The Kier molecular flexibility index (Phi) is 17.0. The number of hydrogen-bond acceptors (Lipinski definition) is 4. The first kappa shape index (κ1) is 33.2. The first-order valence-corrected chi connectivity index (χ1v) is 16.4. The second-order valence-corrected chi connectivity index (χ2v) is 12.3. The van der Waals surface area contributed by atoms with Crippen LogP contribution in [-0.4, -0.2) is 12.6 Å². The van der Waals surface area contributed by atoms with Gasteiger partial charge >= 0.3 is 5.97 Å². The van der Waals surface area contributed by atoms with Crippen LogP contribution in [0, 0.1) is 28.6 Å². The summed E-state index contributed by atoms with van der Waals surface area (Å²) in [6.07, 6.45) is 25.0. The number of nitrogens with zero attached hydrogens (tertiary/aromatic N) is 1. The minimum atomic E-state index is -1.11. The van der Waals surface area contributed by atoms with E-state index >= 15 is 0 Å². The van der Waals surface area contributed by atoms with Gasteiger partial charge in [0.1, 0.15) is 11.5 Å². The van der Waals surface area contributed by atoms with Crippen molar-refractivity contribution in [1.82, 2.24) is 0 Å². The monoisotopic (exact) mass is 539 g/mol. The Morgan fingerprint density at radius 1 is 0.769 bits per heavy atom. The molecule has 0 amide bonds. The highest BCUT2D eigenvalue weighted by molar-refractivity contribution is 5.81. The second-order valence-electron chi connectivity index (χ2n) is 12.3. The lowest BCUT2D eigenvalue weighted by atomic mass is 9.72. The van der Waals surface area contributed by atoms with Crippen molar-refractivity contribution >= 4 is 5.97 Å². The SMILES string of the molecule is CCCCCCCCCCCOc1ccc(OC(=O)C(C)(C#N)CC2CCC(CCCCCCC)CC2)cc1. The van der Waals surface area contributed by atoms with Gasteiger partial charge in [0.05, 0.1) is 12.7 Å². The molecule has 0 spiro atoms. The van der Waals surface area contributed by atoms with Crippen molar-refractivity contribution in [3.8, 4) is 17.6 Å². The minimum Gasteiger partial charge on any atom is -0.494 e. The van der Waals surface area contributed by atoms with Gasteiger partial charge in [0.2, 0.25) is 0 Å². The van der Waals surface area contributed by atoms with Gasteiger partial charge in [-0.15, -0.1) is 0 Å². The number of benzene rings is 1. The van der Waals surface area contributed by atoms with Gasteiger partial charge in [-0.1, -0.05) is 129 Å². The quantitative estimate of drug-likeness (QED) is 0.0885. The highest BCUT2D eigenvalue weighted by atomic mass is 16.5. The van der Waals surface area contributed by atoms with Crippen molar-refractivity contribution in [3.05, 3.63) is 24.3 Å². The molecule has 1 atom stereocenters. The Balaban J connectivity index is 1.65. The van der Waals surface area contributed by atoms with Crippen molar-refractivity contribution < 1.29 is 14.3 Å². The molecule has 0 bridgehead atoms. The van der Waals surface area contributed by atoms with E-state index in [-0.39, 0.29) is 0 Å². The van der Waals surface area contributed by atoms with Crippen LogP contribution in [-0.2, 0) is 4.79 Å². The number of ether oxygens (including phenoxy) is 2. The number of esters is 1. The summed E-state index contributed by atoms with van der Waals surface area (Å²) >= 11 is 0. The summed E-state index contributed by atoms with van der Waals surface area (Å²) in [6.45, 7) is 6.98. The van der Waals surface area contributed by atoms with Crippen molar-refractivity contribution in [3.63, 3.8) is 0 Å². The number of carbonyl (C=O) groups excluding carboxylic acids is 1. The van der Waals surface area contributed by atoms with E-state index in [0.29, 0.717) is 24.7 Å². The maximum Gasteiger partial charge on any atom is 0.331 e. The molecule has 0 aliphatic heterocycles. The summed E-state index contributed by atoms with van der Waals surface area (Å²) in [5, 5.41) is 9.90. The number of nitriles is 1. The maximum absolute atomic E-state index is 13.0. The summed E-state index contributed by atoms with van der Waals surface area (Å²) in [4.78, 5) is 13.0. The van der Waals surface area contributed by atoms with Crippen LogP contribution < -0.4 is 9.47 Å². The molecule has 1 aliphatic carbocycles. The van der Waals surface area contributed by atoms with E-state index in [4.69, 9.17) is 9.47 Å². The average Bonchev–Trinajstić information content (AvgIpc) is 2.95. The number of rotatable bonds is 21. The van der Waals surface area contributed by atoms with Crippen LogP contribution in [0.25, 0.3) is 0 Å². The van der Waals surface area contributed by atoms with Gasteiger partial charge in [-0.05, 0) is 55.9 Å². The summed E-state index contributed by atoms with van der Waals surface area (Å²) in [7, 11) is 0. The van der Waals surface area contributed by atoms with Crippen molar-refractivity contribution in [2.24, 2.45) is 17.3 Å². The Labute approximate surface area is 240 Å². The van der Waals surface area contributed by atoms with Crippen molar-refractivity contribution in [2.45, 2.75) is 149 Å². The normalized spacial score (nSPS) is 18.7. The molecule has 1 aromatic carbocycles. The molecule has 0 heterocycles. The van der Waals surface area contributed by atoms with E-state index in [9.17, 15) is 10.1 Å². The second kappa shape index (κ2) is 19.9. The van der Waals surface area contributed by atoms with Crippen LogP contribution in [0.3, 0.4) is 0 Å². The van der Waals surface area contributed by atoms with Crippen molar-refractivity contribution in [2.75, 3.05) is 6.61 Å². The summed E-state index contributed by atoms with van der Waals surface area (Å²) < 4.78 is 11.5. The molecule has 1 fully saturated rings. The number of carbonyl (C=O) groups is 1. The van der Waals surface area contributed by atoms with Crippen LogP contribution in [0.5, 0.6) is 11.5 Å². The fourth-order valence-corrected chi connectivity index (χ4v) is 5.94. The predicted octanol–water partition coefficient (Wildman–Crippen LogP) is 10.6. The molecule has 0 aromatic heterocycles. The fraction of sp³-hybridized carbons (Fsp3) is 0.771. The third-order valence-electron chi connectivity index (χ3n) is 8.63. The highest BCUT2D eigenvalue weighted by Crippen LogP contribution is 2.39. The van der Waals surface area contributed by atoms with Crippen LogP contribution in [0.4, 0.5) is 0 Å². The summed E-state index contributed by atoms with van der Waals surface area (Å²) in [5.41, 5.74) is -1.11. The van der Waals surface area contributed by atoms with Gasteiger partial charge in [0, 0.05) is 0 Å². The molecule has 220 valence electrons. The number of unbranched alkanes of at least 4 members (excludes halogenated alkanes) is 12. The third-order valence-corrected chi connectivity index (χ3v) is 8.63. The Morgan fingerprint density at radius 3 is 1.82 bits per heavy atom. The van der Waals surface area contributed by atoms with Crippen LogP contribution in [0.1, 0.15) is 149 Å². The molecule has 0 radical (unpaired) electrons. The molecule has 2 rings (SSSR count). The largest absolute Gasteiger partial charge is 0.494 e. The van der Waals surface area contributed by atoms with E-state index in [1.54, 1.807) is 19.1 Å². The van der Waals surface area contributed by atoms with Gasteiger partial charge in [0.15, 0.2) is 5.41 Å². The first-order valence-electron chi connectivity index (χ1n) is 16.4. The molecule has 0 N–H and O–H groups in total. The maximum atomic E-state index is 13.0. The molecule has 1 aromatic rings. The Morgan fingerprint density at radius 2 is 1.26 bits per heavy atom. The van der Waals surface area contributed by atoms with E-state index in [2.05, 4.69) is 19.9 Å². The number of hydrogen-bond donors (Lipinski definition) is 0. The Hall–Kier alpha value is -2.02. The molecular weight excluding hydrogens is 482 g/mol. The lowest BCUT2D eigenvalue weighted by Gasteiger charge is -2.32. The molecule has 4 nitrogen and oxygen atoms in total. The topological polar surface area (TPSA) is 59.3 Å². The van der Waals surface area contributed by atoms with Gasteiger partial charge in [0.25, 0.3) is 0 Å². The van der Waals surface area contributed by atoms with Gasteiger partial charge < -0.3 is 9.47 Å². The van der Waals surface area contributed by atoms with E-state index in [0.717, 1.165) is 30.9 Å². The standard InChI is InChI=1S/C35H57NO3/c1-4-6-8-10-11-12-13-15-17-27-38-32-23-25-33(26-24-32)39-34(37)35(3,29-36)28-31-21-19-30(20-22-31)18-16-14-9-7-5-2/h23-26,30-31H,4-22,27-28H2,1-3H3. The summed E-state index contributed by atoms with van der Waals surface area (Å²) in [5.74, 6) is 2.08. The van der Waals surface area contributed by atoms with Crippen LogP contribution in [0.2, 0.25) is 0 Å². The predicted molar refractivity (Wildman–Crippen MR) is 162 cm³/mol. The van der Waals surface area contributed by atoms with Crippen LogP contribution in [0.15, 0.2) is 24.3 Å². The zero-order valence-electron chi connectivity index (χ0n) is 25.5. The van der Waals surface area contributed by atoms with E-state index in [1.165, 1.54) is 103 Å². The minimum absolute atomic E-state index is 0.426. The van der Waals surface area contributed by atoms with Crippen LogP contribution >= 0.6 is 0 Å². The first-order chi connectivity index (χ1) is 19.0. The van der Waals surface area contributed by atoms with E-state index < -0.39 is 11.4 Å². The molecule has 39 heavy (non-hydrogen) atoms. The molecule has 0 saturated heterocycles. The molecule has 1 aliphatic rings. The zero-order valence-corrected chi connectivity index (χ0v) is 25.5. The highest BCUT2D eigenvalue weighted by Gasteiger charge is 2.39. The van der Waals surface area contributed by atoms with Crippen molar-refractivity contribution in [1.29, 1.82) is 5.26 Å². The van der Waals surface area contributed by atoms with Gasteiger partial charge in [-0.3, -0.25) is 0 Å². The third kappa shape index (κ3) is 13.7. The molecule has 1 saturated carbocycles. The lowest BCUT2D eigenvalue weighted by molar-refractivity contribution is -0.142. The Bertz CT molecular complexity index is 806. The average molecular weight is 540 g/mol. The molecule has 4 heteroatoms. The molecular formula is C35H57NO3.